The van der Waals surface area contributed by atoms with E-state index >= 15 is 0 Å². The number of nitrogens with zero attached hydrogens (tertiary/aromatic N) is 7. The first kappa shape index (κ1) is 18.1. The van der Waals surface area contributed by atoms with Crippen LogP contribution >= 0.6 is 12.8 Å². The highest BCUT2D eigenvalue weighted by Crippen LogP contribution is 2.17. The van der Waals surface area contributed by atoms with Crippen molar-refractivity contribution in [1.29, 1.82) is 0 Å². The number of aromatic nitrogens is 6. The molecule has 0 radical (unpaired) electrons. The van der Waals surface area contributed by atoms with Crippen molar-refractivity contribution in [2.75, 3.05) is 11.9 Å². The van der Waals surface area contributed by atoms with E-state index in [0.29, 0.717) is 34.9 Å². The number of carbonyl (C=O) groups excluding carboxylic acids is 1. The lowest BCUT2D eigenvalue weighted by molar-refractivity contribution is 0.238. The van der Waals surface area contributed by atoms with E-state index in [1.165, 1.54) is 4.31 Å². The molecule has 9 nitrogen and oxygen atoms in total. The molecule has 26 heavy (non-hydrogen) atoms. The Morgan fingerprint density at radius 3 is 2.85 bits per heavy atom. The first-order valence-corrected chi connectivity index (χ1v) is 8.74. The molecule has 10 heteroatoms. The van der Waals surface area contributed by atoms with Crippen LogP contribution in [0, 0.1) is 0 Å². The molecular weight excluding hydrogens is 352 g/mol. The van der Waals surface area contributed by atoms with Crippen molar-refractivity contribution in [3.63, 3.8) is 0 Å². The minimum absolute atomic E-state index is 0.325. The van der Waals surface area contributed by atoms with Crippen LogP contribution in [-0.4, -0.2) is 46.8 Å². The van der Waals surface area contributed by atoms with Crippen molar-refractivity contribution in [2.24, 2.45) is 7.05 Å². The molecule has 0 saturated heterocycles. The van der Waals surface area contributed by atoms with Crippen molar-refractivity contribution >= 4 is 35.8 Å². The maximum Gasteiger partial charge on any atom is 0.332 e. The third-order valence-electron chi connectivity index (χ3n) is 3.71. The topological polar surface area (TPSA) is 102 Å². The van der Waals surface area contributed by atoms with E-state index in [9.17, 15) is 4.79 Å². The van der Waals surface area contributed by atoms with Crippen molar-refractivity contribution < 1.29 is 4.79 Å². The first-order chi connectivity index (χ1) is 12.6. The van der Waals surface area contributed by atoms with Crippen molar-refractivity contribution in [3.05, 3.63) is 24.5 Å². The number of amides is 2. The molecule has 0 atom stereocenters. The molecule has 0 bridgehead atoms. The zero-order chi connectivity index (χ0) is 18.5. The Hall–Kier alpha value is -2.75. The fourth-order valence-electron chi connectivity index (χ4n) is 2.34. The lowest BCUT2D eigenvalue weighted by Crippen LogP contribution is -2.28. The van der Waals surface area contributed by atoms with Gasteiger partial charge in [0.1, 0.15) is 22.7 Å². The number of anilines is 1. The predicted molar refractivity (Wildman–Crippen MR) is 102 cm³/mol. The standard InChI is InChI=1S/C16H20N8OS/c1-3-4-5-8-24(26)16(25)20-14-7-6-11-15(19-14)18-12(9-17-11)13-10-23(2)22-21-13/h6-7,9-10,26H,3-5,8H2,1-2H3,(H,18,19,20,25). The van der Waals surface area contributed by atoms with E-state index in [2.05, 4.69) is 50.3 Å². The van der Waals surface area contributed by atoms with Crippen molar-refractivity contribution in [1.82, 2.24) is 34.3 Å². The lowest BCUT2D eigenvalue weighted by Gasteiger charge is -2.15. The number of pyridine rings is 1. The van der Waals surface area contributed by atoms with Crippen LogP contribution in [0.25, 0.3) is 22.6 Å². The van der Waals surface area contributed by atoms with Crippen molar-refractivity contribution in [3.8, 4) is 11.4 Å². The van der Waals surface area contributed by atoms with E-state index in [1.54, 1.807) is 36.3 Å². The smallest absolute Gasteiger partial charge is 0.291 e. The number of hydrogen-bond donors (Lipinski definition) is 2. The van der Waals surface area contributed by atoms with Gasteiger partial charge in [-0.1, -0.05) is 37.8 Å². The monoisotopic (exact) mass is 372 g/mol. The number of thiol groups is 1. The Morgan fingerprint density at radius 1 is 1.27 bits per heavy atom. The van der Waals surface area contributed by atoms with Crippen LogP contribution in [0.15, 0.2) is 24.5 Å². The minimum Gasteiger partial charge on any atom is -0.291 e. The summed E-state index contributed by atoms with van der Waals surface area (Å²) in [5.74, 6) is 0.391. The van der Waals surface area contributed by atoms with Crippen LogP contribution in [0.3, 0.4) is 0 Å². The minimum atomic E-state index is -0.325. The van der Waals surface area contributed by atoms with Gasteiger partial charge in [0, 0.05) is 13.6 Å². The summed E-state index contributed by atoms with van der Waals surface area (Å²) in [7, 11) is 1.78. The quantitative estimate of drug-likeness (QED) is 0.509. The van der Waals surface area contributed by atoms with Gasteiger partial charge in [0.2, 0.25) is 0 Å². The van der Waals surface area contributed by atoms with Gasteiger partial charge in [-0.25, -0.2) is 14.8 Å². The Morgan fingerprint density at radius 2 is 2.12 bits per heavy atom. The maximum atomic E-state index is 12.2. The van der Waals surface area contributed by atoms with Gasteiger partial charge < -0.3 is 0 Å². The number of nitrogens with one attached hydrogen (secondary N) is 1. The Balaban J connectivity index is 1.76. The Bertz CT molecular complexity index is 912. The molecule has 2 amide bonds. The number of unbranched alkanes of at least 4 members (excludes halogenated alkanes) is 2. The zero-order valence-corrected chi connectivity index (χ0v) is 15.5. The third kappa shape index (κ3) is 4.26. The summed E-state index contributed by atoms with van der Waals surface area (Å²) in [6.07, 6.45) is 6.42. The van der Waals surface area contributed by atoms with Gasteiger partial charge >= 0.3 is 6.03 Å². The second kappa shape index (κ2) is 8.09. The SMILES string of the molecule is CCCCCN(S)C(=O)Nc1ccc2ncc(-c3cn(C)nn3)nc2n1. The number of aryl methyl sites for hydroxylation is 1. The average Bonchev–Trinajstić information content (AvgIpc) is 3.07. The van der Waals surface area contributed by atoms with Gasteiger partial charge in [0.15, 0.2) is 5.65 Å². The summed E-state index contributed by atoms with van der Waals surface area (Å²) in [5, 5.41) is 10.6. The molecule has 3 aromatic rings. The van der Waals surface area contributed by atoms with E-state index in [1.807, 2.05) is 0 Å². The summed E-state index contributed by atoms with van der Waals surface area (Å²) in [4.78, 5) is 25.3. The number of carbonyl (C=O) groups is 1. The van der Waals surface area contributed by atoms with Gasteiger partial charge in [0.25, 0.3) is 0 Å². The van der Waals surface area contributed by atoms with Crippen LogP contribution in [0.2, 0.25) is 0 Å². The molecule has 0 aliphatic heterocycles. The molecule has 3 aromatic heterocycles. The fraction of sp³-hybridized carbons (Fsp3) is 0.375. The van der Waals surface area contributed by atoms with E-state index in [-0.39, 0.29) is 6.03 Å². The van der Waals surface area contributed by atoms with Crippen LogP contribution in [0.1, 0.15) is 26.2 Å². The van der Waals surface area contributed by atoms with Gasteiger partial charge in [0.05, 0.1) is 12.4 Å². The number of rotatable bonds is 6. The molecule has 0 aliphatic rings. The summed E-state index contributed by atoms with van der Waals surface area (Å²) < 4.78 is 2.94. The molecule has 136 valence electrons. The molecule has 0 aromatic carbocycles. The average molecular weight is 372 g/mol. The maximum absolute atomic E-state index is 12.2. The van der Waals surface area contributed by atoms with Gasteiger partial charge in [-0.15, -0.1) is 5.10 Å². The molecule has 1 N–H and O–H groups in total. The number of hydrogen-bond acceptors (Lipinski definition) is 7. The van der Waals surface area contributed by atoms with Gasteiger partial charge in [-0.3, -0.25) is 19.3 Å². The Kier molecular flexibility index (Phi) is 5.61. The zero-order valence-electron chi connectivity index (χ0n) is 14.6. The third-order valence-corrected chi connectivity index (χ3v) is 4.10. The molecule has 3 heterocycles. The van der Waals surface area contributed by atoms with Gasteiger partial charge in [-0.05, 0) is 18.6 Å². The Labute approximate surface area is 156 Å². The highest BCUT2D eigenvalue weighted by atomic mass is 32.1. The van der Waals surface area contributed by atoms with Crippen LogP contribution in [0.5, 0.6) is 0 Å². The number of fused-ring (bicyclic) bond motifs is 1. The molecule has 0 fully saturated rings. The van der Waals surface area contributed by atoms with Gasteiger partial charge in [-0.2, -0.15) is 0 Å². The van der Waals surface area contributed by atoms with Crippen LogP contribution in [0.4, 0.5) is 10.6 Å². The highest BCUT2D eigenvalue weighted by Gasteiger charge is 2.12. The fourth-order valence-corrected chi connectivity index (χ4v) is 2.53. The normalized spacial score (nSPS) is 10.9. The second-order valence-electron chi connectivity index (χ2n) is 5.83. The highest BCUT2D eigenvalue weighted by molar-refractivity contribution is 7.78. The van der Waals surface area contributed by atoms with Crippen LogP contribution < -0.4 is 5.32 Å². The summed E-state index contributed by atoms with van der Waals surface area (Å²) >= 11 is 4.22. The lowest BCUT2D eigenvalue weighted by atomic mass is 10.2. The summed E-state index contributed by atoms with van der Waals surface area (Å²) in [6, 6.07) is 3.12. The van der Waals surface area contributed by atoms with Crippen molar-refractivity contribution in [2.45, 2.75) is 26.2 Å². The summed E-state index contributed by atoms with van der Waals surface area (Å²) in [6.45, 7) is 2.69. The summed E-state index contributed by atoms with van der Waals surface area (Å²) in [5.41, 5.74) is 2.22. The molecule has 0 spiro atoms. The molecular formula is C16H20N8OS. The van der Waals surface area contributed by atoms with E-state index in [0.717, 1.165) is 19.3 Å². The molecule has 0 unspecified atom stereocenters. The first-order valence-electron chi connectivity index (χ1n) is 8.34. The van der Waals surface area contributed by atoms with E-state index in [4.69, 9.17) is 0 Å². The molecule has 0 saturated carbocycles. The molecule has 3 rings (SSSR count). The number of urea groups is 1. The molecule has 0 aliphatic carbocycles. The second-order valence-corrected chi connectivity index (χ2v) is 6.32. The largest absolute Gasteiger partial charge is 0.332 e. The van der Waals surface area contributed by atoms with Crippen LogP contribution in [-0.2, 0) is 7.05 Å². The van der Waals surface area contributed by atoms with E-state index < -0.39 is 0 Å². The predicted octanol–water partition coefficient (Wildman–Crippen LogP) is 2.69.